The molecule has 1 aliphatic carbocycles. The monoisotopic (exact) mass is 187 g/mol. The molecule has 0 aromatic rings. The van der Waals surface area contributed by atoms with Gasteiger partial charge in [-0.15, -0.1) is 0 Å². The van der Waals surface area contributed by atoms with Crippen LogP contribution in [0, 0.1) is 5.92 Å². The van der Waals surface area contributed by atoms with Gasteiger partial charge in [-0.1, -0.05) is 6.58 Å². The molecule has 0 unspecified atom stereocenters. The minimum Gasteiger partial charge on any atom is -0.370 e. The zero-order chi connectivity index (χ0) is 8.97. The predicted molar refractivity (Wildman–Crippen MR) is 52.2 cm³/mol. The molecule has 12 heavy (non-hydrogen) atoms. The molecule has 0 radical (unpaired) electrons. The van der Waals surface area contributed by atoms with Crippen LogP contribution in [0.4, 0.5) is 0 Å². The molecule has 68 valence electrons. The highest BCUT2D eigenvalue weighted by Gasteiger charge is 2.20. The third-order valence-corrected chi connectivity index (χ3v) is 2.00. The van der Waals surface area contributed by atoms with Crippen molar-refractivity contribution in [1.82, 2.24) is 10.6 Å². The number of amidine groups is 1. The van der Waals surface area contributed by atoms with Gasteiger partial charge < -0.3 is 10.6 Å². The average Bonchev–Trinajstić information content (AvgIpc) is 2.83. The summed E-state index contributed by atoms with van der Waals surface area (Å²) in [5.74, 6) is 1.45. The van der Waals surface area contributed by atoms with Crippen LogP contribution in [0.3, 0.4) is 0 Å². The number of hydrogen-bond acceptors (Lipinski definition) is 2. The van der Waals surface area contributed by atoms with Crippen molar-refractivity contribution in [3.05, 3.63) is 12.4 Å². The Bertz CT molecular complexity index is 196. The first-order valence-corrected chi connectivity index (χ1v) is 4.45. The molecular formula is C8H14ClN3. The summed E-state index contributed by atoms with van der Waals surface area (Å²) in [6, 6.07) is 0. The highest BCUT2D eigenvalue weighted by Crippen LogP contribution is 2.27. The molecule has 3 nitrogen and oxygen atoms in total. The van der Waals surface area contributed by atoms with E-state index in [1.54, 1.807) is 7.05 Å². The van der Waals surface area contributed by atoms with Crippen molar-refractivity contribution >= 4 is 16.9 Å². The van der Waals surface area contributed by atoms with Crippen molar-refractivity contribution in [2.45, 2.75) is 12.8 Å². The van der Waals surface area contributed by atoms with Gasteiger partial charge in [0.2, 0.25) is 0 Å². The number of halogens is 1. The van der Waals surface area contributed by atoms with Gasteiger partial charge >= 0.3 is 0 Å². The van der Waals surface area contributed by atoms with E-state index in [0.717, 1.165) is 12.5 Å². The summed E-state index contributed by atoms with van der Waals surface area (Å²) in [7, 11) is 1.72. The highest BCUT2D eigenvalue weighted by atomic mass is 35.5. The van der Waals surface area contributed by atoms with Crippen LogP contribution in [0.2, 0.25) is 0 Å². The molecule has 0 spiro atoms. The molecule has 4 heteroatoms. The van der Waals surface area contributed by atoms with E-state index in [1.807, 2.05) is 0 Å². The van der Waals surface area contributed by atoms with Crippen molar-refractivity contribution in [3.8, 4) is 0 Å². The first-order valence-electron chi connectivity index (χ1n) is 4.07. The molecule has 0 bridgehead atoms. The zero-order valence-corrected chi connectivity index (χ0v) is 7.99. The molecule has 0 atom stereocenters. The predicted octanol–water partition coefficient (Wildman–Crippen LogP) is 1.27. The molecule has 0 aliphatic heterocycles. The Labute approximate surface area is 77.9 Å². The summed E-state index contributed by atoms with van der Waals surface area (Å²) in [6.07, 6.45) is 2.65. The van der Waals surface area contributed by atoms with Crippen LogP contribution in [0.1, 0.15) is 12.8 Å². The van der Waals surface area contributed by atoms with Gasteiger partial charge in [0.1, 0.15) is 5.82 Å². The summed E-state index contributed by atoms with van der Waals surface area (Å²) in [5, 5.41) is 6.18. The van der Waals surface area contributed by atoms with E-state index < -0.39 is 0 Å². The van der Waals surface area contributed by atoms with Crippen LogP contribution < -0.4 is 10.6 Å². The molecule has 1 fully saturated rings. The van der Waals surface area contributed by atoms with Crippen LogP contribution in [0.25, 0.3) is 0 Å². The number of aliphatic imine (C=N–C) groups is 1. The van der Waals surface area contributed by atoms with Gasteiger partial charge in [0.25, 0.3) is 0 Å². The lowest BCUT2D eigenvalue weighted by molar-refractivity contribution is 0.713. The molecule has 0 aromatic heterocycles. The molecule has 1 aliphatic rings. The van der Waals surface area contributed by atoms with Crippen LogP contribution in [0.15, 0.2) is 17.4 Å². The topological polar surface area (TPSA) is 36.4 Å². The van der Waals surface area contributed by atoms with E-state index in [-0.39, 0.29) is 0 Å². The van der Waals surface area contributed by atoms with Crippen molar-refractivity contribution in [2.75, 3.05) is 13.6 Å². The molecular weight excluding hydrogens is 174 g/mol. The second-order valence-corrected chi connectivity index (χ2v) is 3.28. The van der Waals surface area contributed by atoms with Gasteiger partial charge in [0.05, 0.1) is 0 Å². The molecule has 1 saturated carbocycles. The van der Waals surface area contributed by atoms with Crippen LogP contribution in [-0.2, 0) is 0 Å². The van der Waals surface area contributed by atoms with Gasteiger partial charge in [-0.25, -0.2) is 4.99 Å². The fourth-order valence-corrected chi connectivity index (χ4v) is 0.900. The van der Waals surface area contributed by atoms with E-state index in [4.69, 9.17) is 11.6 Å². The Kier molecular flexibility index (Phi) is 3.41. The quantitative estimate of drug-likeness (QED) is 0.395. The van der Waals surface area contributed by atoms with Crippen molar-refractivity contribution in [1.29, 1.82) is 0 Å². The summed E-state index contributed by atoms with van der Waals surface area (Å²) in [4.78, 5) is 3.96. The van der Waals surface area contributed by atoms with Crippen LogP contribution in [-0.4, -0.2) is 18.9 Å². The Morgan fingerprint density at radius 1 is 1.67 bits per heavy atom. The smallest absolute Gasteiger partial charge is 0.197 e. The fraction of sp³-hybridized carbons (Fsp3) is 0.625. The third kappa shape index (κ3) is 3.62. The maximum Gasteiger partial charge on any atom is 0.197 e. The van der Waals surface area contributed by atoms with Gasteiger partial charge in [0.15, 0.2) is 5.29 Å². The zero-order valence-electron chi connectivity index (χ0n) is 7.23. The van der Waals surface area contributed by atoms with Crippen molar-refractivity contribution < 1.29 is 0 Å². The van der Waals surface area contributed by atoms with Crippen molar-refractivity contribution in [2.24, 2.45) is 10.9 Å². The van der Waals surface area contributed by atoms with Gasteiger partial charge in [-0.05, 0) is 30.4 Å². The van der Waals surface area contributed by atoms with Crippen molar-refractivity contribution in [3.63, 3.8) is 0 Å². The minimum atomic E-state index is 0.364. The molecule has 1 rings (SSSR count). The Morgan fingerprint density at radius 2 is 2.33 bits per heavy atom. The lowest BCUT2D eigenvalue weighted by Gasteiger charge is -2.03. The van der Waals surface area contributed by atoms with Crippen LogP contribution >= 0.6 is 11.6 Å². The molecule has 0 heterocycles. The van der Waals surface area contributed by atoms with E-state index in [9.17, 15) is 0 Å². The lowest BCUT2D eigenvalue weighted by Crippen LogP contribution is -2.18. The van der Waals surface area contributed by atoms with E-state index >= 15 is 0 Å². The summed E-state index contributed by atoms with van der Waals surface area (Å²) < 4.78 is 0. The summed E-state index contributed by atoms with van der Waals surface area (Å²) in [5.41, 5.74) is 0. The molecule has 0 aromatic carbocycles. The average molecular weight is 188 g/mol. The minimum absolute atomic E-state index is 0.364. The molecule has 0 amide bonds. The second-order valence-electron chi connectivity index (χ2n) is 2.92. The number of nitrogens with zero attached hydrogens (tertiary/aromatic N) is 1. The number of nitrogens with one attached hydrogen (secondary N) is 2. The Morgan fingerprint density at radius 3 is 2.83 bits per heavy atom. The fourth-order valence-electron chi connectivity index (χ4n) is 0.798. The first-order chi connectivity index (χ1) is 5.72. The maximum atomic E-state index is 5.63. The van der Waals surface area contributed by atoms with E-state index in [0.29, 0.717) is 11.1 Å². The summed E-state index contributed by atoms with van der Waals surface area (Å²) in [6.45, 7) is 4.69. The Hall–Kier alpha value is -0.700. The van der Waals surface area contributed by atoms with Gasteiger partial charge in [0, 0.05) is 13.6 Å². The van der Waals surface area contributed by atoms with Gasteiger partial charge in [-0.2, -0.15) is 0 Å². The normalized spacial score (nSPS) is 17.3. The standard InChI is InChI=1S/C8H14ClN3/c1-6(12-8(9)10-2)11-5-7-3-4-7/h7,11H,1,3-5H2,2H3,(H,10,12). The lowest BCUT2D eigenvalue weighted by atomic mass is 10.4. The SMILES string of the molecule is C=C(/N=C(/Cl)NC)NCC1CC1. The second kappa shape index (κ2) is 4.36. The maximum absolute atomic E-state index is 5.63. The van der Waals surface area contributed by atoms with Crippen LogP contribution in [0.5, 0.6) is 0 Å². The number of rotatable bonds is 4. The van der Waals surface area contributed by atoms with Gasteiger partial charge in [-0.3, -0.25) is 0 Å². The van der Waals surface area contributed by atoms with E-state index in [2.05, 4.69) is 22.2 Å². The highest BCUT2D eigenvalue weighted by molar-refractivity contribution is 6.64. The third-order valence-electron chi connectivity index (χ3n) is 1.73. The largest absolute Gasteiger partial charge is 0.370 e. The molecule has 2 N–H and O–H groups in total. The Balaban J connectivity index is 2.17. The molecule has 0 saturated heterocycles. The first kappa shape index (κ1) is 9.39. The number of hydrogen-bond donors (Lipinski definition) is 2. The summed E-state index contributed by atoms with van der Waals surface area (Å²) >= 11 is 5.63. The van der Waals surface area contributed by atoms with E-state index in [1.165, 1.54) is 12.8 Å².